The van der Waals surface area contributed by atoms with Crippen molar-refractivity contribution in [1.29, 1.82) is 0 Å². The molecule has 1 fully saturated rings. The summed E-state index contributed by atoms with van der Waals surface area (Å²) in [7, 11) is 0. The van der Waals surface area contributed by atoms with Gasteiger partial charge in [0, 0.05) is 10.9 Å². The molecule has 0 bridgehead atoms. The minimum Gasteiger partial charge on any atom is -0.326 e. The summed E-state index contributed by atoms with van der Waals surface area (Å²) < 4.78 is 1.93. The largest absolute Gasteiger partial charge is 0.327 e. The second kappa shape index (κ2) is 4.97. The highest BCUT2D eigenvalue weighted by Gasteiger charge is 2.47. The monoisotopic (exact) mass is 316 g/mol. The molecule has 2 aliphatic rings. The second-order valence-electron chi connectivity index (χ2n) is 7.02. The van der Waals surface area contributed by atoms with E-state index in [-0.39, 0.29) is 11.6 Å². The van der Waals surface area contributed by atoms with Gasteiger partial charge in [-0.25, -0.2) is 4.79 Å². The Bertz CT molecular complexity index is 933. The third kappa shape index (κ3) is 1.75. The molecule has 1 saturated carbocycles. The van der Waals surface area contributed by atoms with Crippen molar-refractivity contribution in [2.24, 2.45) is 0 Å². The highest BCUT2D eigenvalue weighted by molar-refractivity contribution is 6.06. The van der Waals surface area contributed by atoms with E-state index in [4.69, 9.17) is 0 Å². The number of rotatable bonds is 1. The minimum absolute atomic E-state index is 0.0327. The number of benzene rings is 2. The van der Waals surface area contributed by atoms with Gasteiger partial charge in [-0.2, -0.15) is 0 Å². The fourth-order valence-electron chi connectivity index (χ4n) is 4.64. The van der Waals surface area contributed by atoms with Crippen LogP contribution in [0.3, 0.4) is 0 Å². The van der Waals surface area contributed by atoms with E-state index in [1.54, 1.807) is 0 Å². The molecule has 5 rings (SSSR count). The maximum Gasteiger partial charge on any atom is 0.327 e. The first kappa shape index (κ1) is 13.8. The molecule has 3 heteroatoms. The third-order valence-electron chi connectivity index (χ3n) is 5.65. The standard InChI is InChI=1S/C21H20N2O/c24-20-22-21(13-7-2-8-14-21)19-18(15-9-3-1-4-10-15)16-11-5-6-12-17(16)23(19)20/h1,3-6,9-12H,2,7-8,13-14H2,(H,22,24). The summed E-state index contributed by atoms with van der Waals surface area (Å²) in [6.07, 6.45) is 5.69. The van der Waals surface area contributed by atoms with E-state index in [1.807, 2.05) is 16.7 Å². The van der Waals surface area contributed by atoms with E-state index in [1.165, 1.54) is 41.5 Å². The fourth-order valence-corrected chi connectivity index (χ4v) is 4.64. The van der Waals surface area contributed by atoms with Crippen molar-refractivity contribution in [1.82, 2.24) is 9.88 Å². The molecule has 1 amide bonds. The Kier molecular flexibility index (Phi) is 2.87. The van der Waals surface area contributed by atoms with Gasteiger partial charge >= 0.3 is 6.03 Å². The first-order valence-corrected chi connectivity index (χ1v) is 8.82. The lowest BCUT2D eigenvalue weighted by atomic mass is 9.77. The molecule has 1 N–H and O–H groups in total. The van der Waals surface area contributed by atoms with Crippen molar-refractivity contribution in [3.05, 3.63) is 60.3 Å². The molecule has 120 valence electrons. The van der Waals surface area contributed by atoms with Gasteiger partial charge in [0.25, 0.3) is 0 Å². The molecule has 3 aromatic rings. The van der Waals surface area contributed by atoms with Gasteiger partial charge in [-0.05, 0) is 24.5 Å². The first-order valence-electron chi connectivity index (χ1n) is 8.82. The Balaban J connectivity index is 1.89. The molecule has 2 heterocycles. The molecule has 0 radical (unpaired) electrons. The number of carbonyl (C=O) groups excluding carboxylic acids is 1. The Hall–Kier alpha value is -2.55. The molecule has 1 aliphatic carbocycles. The van der Waals surface area contributed by atoms with E-state index >= 15 is 0 Å². The normalized spacial score (nSPS) is 18.8. The van der Waals surface area contributed by atoms with Crippen LogP contribution < -0.4 is 5.32 Å². The lowest BCUT2D eigenvalue weighted by Gasteiger charge is -2.33. The number of carbonyl (C=O) groups is 1. The van der Waals surface area contributed by atoms with Crippen LogP contribution in [0.2, 0.25) is 0 Å². The number of fused-ring (bicyclic) bond motifs is 4. The van der Waals surface area contributed by atoms with E-state index in [0.29, 0.717) is 0 Å². The SMILES string of the molecule is O=C1NC2(CCCCC2)c2c(-c3ccccc3)c3ccccc3n21. The fraction of sp³-hybridized carbons (Fsp3) is 0.286. The molecule has 0 saturated heterocycles. The van der Waals surface area contributed by atoms with Gasteiger partial charge in [-0.3, -0.25) is 4.57 Å². The predicted octanol–water partition coefficient (Wildman–Crippen LogP) is 5.04. The van der Waals surface area contributed by atoms with Crippen LogP contribution in [0.15, 0.2) is 54.6 Å². The number of para-hydroxylation sites is 1. The summed E-state index contributed by atoms with van der Waals surface area (Å²) in [5, 5.41) is 4.52. The second-order valence-corrected chi connectivity index (χ2v) is 7.02. The van der Waals surface area contributed by atoms with Crippen molar-refractivity contribution in [2.45, 2.75) is 37.6 Å². The molecule has 1 aromatic heterocycles. The number of amides is 1. The van der Waals surface area contributed by atoms with Gasteiger partial charge in [0.2, 0.25) is 0 Å². The van der Waals surface area contributed by atoms with Crippen molar-refractivity contribution < 1.29 is 4.79 Å². The lowest BCUT2D eigenvalue weighted by molar-refractivity contribution is 0.224. The maximum atomic E-state index is 12.8. The summed E-state index contributed by atoms with van der Waals surface area (Å²) >= 11 is 0. The summed E-state index contributed by atoms with van der Waals surface area (Å²) in [5.41, 5.74) is 4.43. The average molecular weight is 316 g/mol. The van der Waals surface area contributed by atoms with Crippen LogP contribution in [0.4, 0.5) is 4.79 Å². The van der Waals surface area contributed by atoms with Gasteiger partial charge in [0.05, 0.1) is 16.7 Å². The van der Waals surface area contributed by atoms with Gasteiger partial charge in [0.15, 0.2) is 0 Å². The zero-order valence-electron chi connectivity index (χ0n) is 13.6. The maximum absolute atomic E-state index is 12.8. The number of hydrogen-bond acceptors (Lipinski definition) is 1. The van der Waals surface area contributed by atoms with Gasteiger partial charge < -0.3 is 5.32 Å². The van der Waals surface area contributed by atoms with Crippen LogP contribution in [0, 0.1) is 0 Å². The topological polar surface area (TPSA) is 34.0 Å². The van der Waals surface area contributed by atoms with Crippen LogP contribution in [0.5, 0.6) is 0 Å². The summed E-state index contributed by atoms with van der Waals surface area (Å²) in [5.74, 6) is 0. The molecule has 1 spiro atoms. The highest BCUT2D eigenvalue weighted by atomic mass is 16.2. The van der Waals surface area contributed by atoms with Crippen LogP contribution >= 0.6 is 0 Å². The van der Waals surface area contributed by atoms with E-state index in [9.17, 15) is 4.79 Å². The molecule has 0 unspecified atom stereocenters. The molecule has 0 atom stereocenters. The Morgan fingerprint density at radius 2 is 1.58 bits per heavy atom. The Morgan fingerprint density at radius 3 is 2.38 bits per heavy atom. The van der Waals surface area contributed by atoms with Gasteiger partial charge in [-0.15, -0.1) is 0 Å². The van der Waals surface area contributed by atoms with Crippen molar-refractivity contribution in [3.8, 4) is 11.1 Å². The van der Waals surface area contributed by atoms with Gasteiger partial charge in [-0.1, -0.05) is 67.8 Å². The zero-order chi connectivity index (χ0) is 16.1. The van der Waals surface area contributed by atoms with Crippen molar-refractivity contribution >= 4 is 16.9 Å². The predicted molar refractivity (Wildman–Crippen MR) is 96.1 cm³/mol. The summed E-state index contributed by atoms with van der Waals surface area (Å²) in [4.78, 5) is 12.8. The Morgan fingerprint density at radius 1 is 0.875 bits per heavy atom. The highest BCUT2D eigenvalue weighted by Crippen LogP contribution is 2.48. The van der Waals surface area contributed by atoms with E-state index in [2.05, 4.69) is 47.8 Å². The molecular formula is C21H20N2O. The van der Waals surface area contributed by atoms with E-state index in [0.717, 1.165) is 18.4 Å². The zero-order valence-corrected chi connectivity index (χ0v) is 13.6. The average Bonchev–Trinajstić information content (AvgIpc) is 3.11. The number of hydrogen-bond donors (Lipinski definition) is 1. The summed E-state index contributed by atoms with van der Waals surface area (Å²) in [6.45, 7) is 0. The smallest absolute Gasteiger partial charge is 0.326 e. The molecule has 3 nitrogen and oxygen atoms in total. The quantitative estimate of drug-likeness (QED) is 0.670. The van der Waals surface area contributed by atoms with Crippen LogP contribution in [0.1, 0.15) is 37.8 Å². The summed E-state index contributed by atoms with van der Waals surface area (Å²) in [6, 6.07) is 18.8. The lowest BCUT2D eigenvalue weighted by Crippen LogP contribution is -2.41. The molecule has 24 heavy (non-hydrogen) atoms. The van der Waals surface area contributed by atoms with Gasteiger partial charge in [0.1, 0.15) is 0 Å². The molecule has 2 aromatic carbocycles. The first-order chi connectivity index (χ1) is 11.8. The number of nitrogens with one attached hydrogen (secondary N) is 1. The third-order valence-corrected chi connectivity index (χ3v) is 5.65. The van der Waals surface area contributed by atoms with Crippen LogP contribution in [-0.2, 0) is 5.54 Å². The molecular weight excluding hydrogens is 296 g/mol. The molecule has 1 aliphatic heterocycles. The number of nitrogens with zero attached hydrogens (tertiary/aromatic N) is 1. The van der Waals surface area contributed by atoms with Crippen LogP contribution in [-0.4, -0.2) is 10.6 Å². The van der Waals surface area contributed by atoms with Crippen molar-refractivity contribution in [3.63, 3.8) is 0 Å². The minimum atomic E-state index is -0.195. The van der Waals surface area contributed by atoms with E-state index < -0.39 is 0 Å². The van der Waals surface area contributed by atoms with Crippen LogP contribution in [0.25, 0.3) is 22.0 Å². The van der Waals surface area contributed by atoms with Crippen molar-refractivity contribution in [2.75, 3.05) is 0 Å². The Labute approximate surface area is 141 Å². The number of aromatic nitrogens is 1.